The highest BCUT2D eigenvalue weighted by atomic mass is 16.6. The second kappa shape index (κ2) is 12.4. The van der Waals surface area contributed by atoms with Gasteiger partial charge in [0, 0.05) is 5.41 Å². The van der Waals surface area contributed by atoms with Crippen molar-refractivity contribution in [1.82, 2.24) is 10.6 Å². The number of nitrogens with one attached hydrogen (secondary N) is 2. The van der Waals surface area contributed by atoms with Crippen molar-refractivity contribution in [2.24, 2.45) is 4.99 Å². The molecule has 2 aromatic carbocycles. The molecule has 0 aliphatic carbocycles. The first-order valence-electron chi connectivity index (χ1n) is 12.1. The van der Waals surface area contributed by atoms with Crippen LogP contribution in [0.2, 0.25) is 0 Å². The molecule has 2 amide bonds. The fourth-order valence-electron chi connectivity index (χ4n) is 3.70. The molecule has 0 saturated carbocycles. The van der Waals surface area contributed by atoms with Crippen molar-refractivity contribution >= 4 is 18.1 Å². The number of nitrogens with zero attached hydrogens (tertiary/aromatic N) is 1. The summed E-state index contributed by atoms with van der Waals surface area (Å²) >= 11 is 0. The average molecular weight is 494 g/mol. The van der Waals surface area contributed by atoms with E-state index < -0.39 is 28.8 Å². The molecule has 0 fully saturated rings. The lowest BCUT2D eigenvalue weighted by molar-refractivity contribution is 0.0545. The molecule has 194 valence electrons. The Balaban J connectivity index is 2.52. The number of guanidine groups is 1. The van der Waals surface area contributed by atoms with Crippen LogP contribution in [0.1, 0.15) is 65.5 Å². The highest BCUT2D eigenvalue weighted by Gasteiger charge is 2.34. The summed E-state index contributed by atoms with van der Waals surface area (Å²) in [7, 11) is 0. The predicted octanol–water partition coefficient (Wildman–Crippen LogP) is 6.34. The van der Waals surface area contributed by atoms with Crippen molar-refractivity contribution < 1.29 is 19.1 Å². The normalized spacial score (nSPS) is 11.7. The van der Waals surface area contributed by atoms with E-state index in [1.54, 1.807) is 41.5 Å². The molecule has 0 aliphatic heterocycles. The van der Waals surface area contributed by atoms with Gasteiger partial charge in [0.05, 0.1) is 6.54 Å². The molecule has 0 atom stereocenters. The number of hydrogen-bond acceptors (Lipinski definition) is 5. The Labute approximate surface area is 215 Å². The van der Waals surface area contributed by atoms with Crippen LogP contribution in [0.5, 0.6) is 0 Å². The van der Waals surface area contributed by atoms with Gasteiger partial charge in [0.25, 0.3) is 0 Å². The van der Waals surface area contributed by atoms with Crippen molar-refractivity contribution in [2.75, 3.05) is 6.54 Å². The van der Waals surface area contributed by atoms with Crippen LogP contribution in [0.3, 0.4) is 0 Å². The van der Waals surface area contributed by atoms with Crippen molar-refractivity contribution in [3.05, 3.63) is 84.4 Å². The fourth-order valence-corrected chi connectivity index (χ4v) is 3.70. The Morgan fingerprint density at radius 2 is 1.22 bits per heavy atom. The molecule has 2 rings (SSSR count). The zero-order valence-corrected chi connectivity index (χ0v) is 22.3. The van der Waals surface area contributed by atoms with E-state index in [4.69, 9.17) is 14.5 Å². The maximum Gasteiger partial charge on any atom is 0.414 e. The second-order valence-corrected chi connectivity index (χ2v) is 10.6. The Hall–Kier alpha value is -3.61. The molecule has 7 heteroatoms. The lowest BCUT2D eigenvalue weighted by Crippen LogP contribution is -2.48. The zero-order chi connectivity index (χ0) is 26.8. The van der Waals surface area contributed by atoms with E-state index in [9.17, 15) is 9.59 Å². The Kier molecular flexibility index (Phi) is 9.84. The summed E-state index contributed by atoms with van der Waals surface area (Å²) in [5.41, 5.74) is 0.158. The van der Waals surface area contributed by atoms with Gasteiger partial charge in [-0.05, 0) is 65.5 Å². The number of ether oxygens (including phenoxy) is 2. The van der Waals surface area contributed by atoms with E-state index in [0.717, 1.165) is 24.0 Å². The van der Waals surface area contributed by atoms with Gasteiger partial charge in [-0.15, -0.1) is 6.58 Å². The van der Waals surface area contributed by atoms with E-state index in [0.29, 0.717) is 0 Å². The van der Waals surface area contributed by atoms with Crippen LogP contribution in [0.15, 0.2) is 78.3 Å². The number of carbonyl (C=O) groups excluding carboxylic acids is 2. The third-order valence-electron chi connectivity index (χ3n) is 5.17. The van der Waals surface area contributed by atoms with Gasteiger partial charge >= 0.3 is 12.2 Å². The number of amides is 2. The van der Waals surface area contributed by atoms with Crippen LogP contribution in [0, 0.1) is 0 Å². The van der Waals surface area contributed by atoms with Crippen LogP contribution in [-0.2, 0) is 14.9 Å². The lowest BCUT2D eigenvalue weighted by atomic mass is 9.71. The number of carbonyl (C=O) groups is 2. The second-order valence-electron chi connectivity index (χ2n) is 10.6. The van der Waals surface area contributed by atoms with Gasteiger partial charge in [0.2, 0.25) is 5.96 Å². The molecule has 0 saturated heterocycles. The van der Waals surface area contributed by atoms with Crippen LogP contribution in [0.4, 0.5) is 9.59 Å². The van der Waals surface area contributed by atoms with E-state index in [-0.39, 0.29) is 12.5 Å². The van der Waals surface area contributed by atoms with Gasteiger partial charge in [-0.3, -0.25) is 15.6 Å². The highest BCUT2D eigenvalue weighted by Crippen LogP contribution is 2.37. The largest absolute Gasteiger partial charge is 0.444 e. The molecular weight excluding hydrogens is 454 g/mol. The molecule has 0 heterocycles. The van der Waals surface area contributed by atoms with Gasteiger partial charge in [-0.1, -0.05) is 66.7 Å². The van der Waals surface area contributed by atoms with Crippen molar-refractivity contribution in [3.63, 3.8) is 0 Å². The number of benzene rings is 2. The molecule has 0 aromatic heterocycles. The molecule has 0 aliphatic rings. The topological polar surface area (TPSA) is 89.0 Å². The zero-order valence-electron chi connectivity index (χ0n) is 22.3. The molecule has 2 aromatic rings. The van der Waals surface area contributed by atoms with Crippen molar-refractivity contribution in [1.29, 1.82) is 0 Å². The van der Waals surface area contributed by atoms with E-state index >= 15 is 0 Å². The summed E-state index contributed by atoms with van der Waals surface area (Å²) in [5, 5.41) is 5.16. The van der Waals surface area contributed by atoms with E-state index in [2.05, 4.69) is 41.5 Å². The van der Waals surface area contributed by atoms with Gasteiger partial charge < -0.3 is 9.47 Å². The maximum absolute atomic E-state index is 12.6. The van der Waals surface area contributed by atoms with Gasteiger partial charge in [0.1, 0.15) is 11.2 Å². The first-order chi connectivity index (χ1) is 16.8. The molecule has 0 unspecified atom stereocenters. The first kappa shape index (κ1) is 28.6. The maximum atomic E-state index is 12.6. The number of aliphatic imine (C=N–C) groups is 1. The van der Waals surface area contributed by atoms with Crippen molar-refractivity contribution in [3.8, 4) is 0 Å². The van der Waals surface area contributed by atoms with Crippen LogP contribution < -0.4 is 10.6 Å². The standard InChI is InChI=1S/C29H39N3O4/c1-8-9-20-29(22-16-12-10-13-17-22,23-18-14-11-15-19-23)21-30-24(31-25(33)35-27(2,3)4)32-26(34)36-28(5,6)7/h8,10-19H,1,9,20-21H2,2-7H3,(H2,30,31,32,33,34). The lowest BCUT2D eigenvalue weighted by Gasteiger charge is -2.34. The monoisotopic (exact) mass is 493 g/mol. The Morgan fingerprint density at radius 3 is 1.58 bits per heavy atom. The van der Waals surface area contributed by atoms with E-state index in [1.807, 2.05) is 42.5 Å². The third kappa shape index (κ3) is 9.21. The minimum absolute atomic E-state index is 0.0478. The number of hydrogen-bond donors (Lipinski definition) is 2. The molecule has 0 radical (unpaired) electrons. The van der Waals surface area contributed by atoms with Crippen LogP contribution in [0.25, 0.3) is 0 Å². The Bertz CT molecular complexity index is 964. The third-order valence-corrected chi connectivity index (χ3v) is 5.17. The van der Waals surface area contributed by atoms with Crippen LogP contribution >= 0.6 is 0 Å². The Morgan fingerprint density at radius 1 is 0.806 bits per heavy atom. The van der Waals surface area contributed by atoms with Crippen LogP contribution in [-0.4, -0.2) is 35.9 Å². The molecule has 7 nitrogen and oxygen atoms in total. The number of rotatable bonds is 7. The summed E-state index contributed by atoms with van der Waals surface area (Å²) in [5.74, 6) is -0.0478. The van der Waals surface area contributed by atoms with Gasteiger partial charge in [-0.25, -0.2) is 9.59 Å². The number of allylic oxidation sites excluding steroid dienone is 1. The molecular formula is C29H39N3O4. The van der Waals surface area contributed by atoms with E-state index in [1.165, 1.54) is 0 Å². The summed E-state index contributed by atoms with van der Waals surface area (Å²) in [6, 6.07) is 20.1. The fraction of sp³-hybridized carbons (Fsp3) is 0.414. The first-order valence-corrected chi connectivity index (χ1v) is 12.1. The summed E-state index contributed by atoms with van der Waals surface area (Å²) in [4.78, 5) is 29.8. The minimum atomic E-state index is -0.728. The minimum Gasteiger partial charge on any atom is -0.444 e. The summed E-state index contributed by atoms with van der Waals surface area (Å²) in [6.45, 7) is 14.7. The number of alkyl carbamates (subject to hydrolysis) is 2. The molecule has 36 heavy (non-hydrogen) atoms. The molecule has 0 bridgehead atoms. The molecule has 2 N–H and O–H groups in total. The van der Waals surface area contributed by atoms with Gasteiger partial charge in [-0.2, -0.15) is 0 Å². The summed E-state index contributed by atoms with van der Waals surface area (Å²) in [6.07, 6.45) is 1.89. The van der Waals surface area contributed by atoms with Gasteiger partial charge in [0.15, 0.2) is 0 Å². The average Bonchev–Trinajstić information content (AvgIpc) is 2.78. The highest BCUT2D eigenvalue weighted by molar-refractivity contribution is 6.01. The summed E-state index contributed by atoms with van der Waals surface area (Å²) < 4.78 is 10.8. The quantitative estimate of drug-likeness (QED) is 0.267. The predicted molar refractivity (Wildman–Crippen MR) is 144 cm³/mol. The smallest absolute Gasteiger partial charge is 0.414 e. The molecule has 0 spiro atoms. The van der Waals surface area contributed by atoms with Crippen molar-refractivity contribution in [2.45, 2.75) is 71.0 Å². The SMILES string of the molecule is C=CCCC(CN=C(NC(=O)OC(C)(C)C)NC(=O)OC(C)(C)C)(c1ccccc1)c1ccccc1.